The molecule has 1 aliphatic carbocycles. The molecule has 2 aromatic carbocycles. The second kappa shape index (κ2) is 9.02. The molecular formula is C27H31N3O3. The van der Waals surface area contributed by atoms with Gasteiger partial charge in [0.05, 0.1) is 0 Å². The number of carbonyl (C=O) groups is 2. The van der Waals surface area contributed by atoms with Gasteiger partial charge in [0.25, 0.3) is 5.91 Å². The highest BCUT2D eigenvalue weighted by molar-refractivity contribution is 5.85. The molecule has 0 radical (unpaired) electrons. The quantitative estimate of drug-likeness (QED) is 0.580. The van der Waals surface area contributed by atoms with Crippen molar-refractivity contribution >= 4 is 22.7 Å². The van der Waals surface area contributed by atoms with E-state index < -0.39 is 6.10 Å². The summed E-state index contributed by atoms with van der Waals surface area (Å²) in [4.78, 5) is 31.0. The van der Waals surface area contributed by atoms with Crippen molar-refractivity contribution in [2.24, 2.45) is 11.3 Å². The van der Waals surface area contributed by atoms with E-state index in [9.17, 15) is 9.59 Å². The van der Waals surface area contributed by atoms with Crippen molar-refractivity contribution in [1.82, 2.24) is 15.2 Å². The summed E-state index contributed by atoms with van der Waals surface area (Å²) in [6.45, 7) is 2.01. The molecule has 2 unspecified atom stereocenters. The number of nitrogens with one attached hydrogen (secondary N) is 2. The molecule has 1 aromatic heterocycles. The predicted octanol–water partition coefficient (Wildman–Crippen LogP) is 3.84. The zero-order chi connectivity index (χ0) is 22.8. The van der Waals surface area contributed by atoms with Gasteiger partial charge in [0.1, 0.15) is 0 Å². The Kier molecular flexibility index (Phi) is 5.94. The van der Waals surface area contributed by atoms with E-state index >= 15 is 0 Å². The number of nitrogens with zero attached hydrogens (tertiary/aromatic N) is 1. The standard InChI is InChI=1S/C27H31N3O3/c1-33-24(19-7-3-2-4-8-19)26(32)30-15-12-27(13-16-30)17-22(27)25(31)28-14-11-20-18-29-23-10-6-5-9-21(20)23/h2-10,18,22,24,29H,11-17H2,1H3,(H,28,31). The summed E-state index contributed by atoms with van der Waals surface area (Å²) in [7, 11) is 1.58. The molecule has 2 N–H and O–H groups in total. The van der Waals surface area contributed by atoms with Gasteiger partial charge in [-0.05, 0) is 48.3 Å². The van der Waals surface area contributed by atoms with E-state index in [4.69, 9.17) is 4.74 Å². The highest BCUT2D eigenvalue weighted by Gasteiger charge is 2.58. The van der Waals surface area contributed by atoms with Gasteiger partial charge in [-0.3, -0.25) is 9.59 Å². The number of piperidine rings is 1. The minimum absolute atomic E-state index is 0.0129. The van der Waals surface area contributed by atoms with Gasteiger partial charge in [0.15, 0.2) is 6.10 Å². The highest BCUT2D eigenvalue weighted by Crippen LogP contribution is 2.59. The monoisotopic (exact) mass is 445 g/mol. The highest BCUT2D eigenvalue weighted by atomic mass is 16.5. The number of hydrogen-bond acceptors (Lipinski definition) is 3. The third-order valence-electron chi connectivity index (χ3n) is 7.51. The Hall–Kier alpha value is -3.12. The molecule has 2 amide bonds. The van der Waals surface area contributed by atoms with Crippen LogP contribution in [0.25, 0.3) is 10.9 Å². The number of aromatic nitrogens is 1. The topological polar surface area (TPSA) is 74.4 Å². The maximum Gasteiger partial charge on any atom is 0.256 e. The van der Waals surface area contributed by atoms with Crippen LogP contribution in [-0.4, -0.2) is 48.4 Å². The molecule has 33 heavy (non-hydrogen) atoms. The van der Waals surface area contributed by atoms with Crippen molar-refractivity contribution in [2.45, 2.75) is 31.8 Å². The number of methoxy groups -OCH3 is 1. The molecule has 6 nitrogen and oxygen atoms in total. The fourth-order valence-electron chi connectivity index (χ4n) is 5.40. The molecule has 2 atom stereocenters. The number of para-hydroxylation sites is 1. The Morgan fingerprint density at radius 3 is 2.61 bits per heavy atom. The molecule has 0 bridgehead atoms. The van der Waals surface area contributed by atoms with E-state index in [0.717, 1.165) is 36.8 Å². The summed E-state index contributed by atoms with van der Waals surface area (Å²) in [6.07, 6.45) is 4.97. The van der Waals surface area contributed by atoms with Crippen molar-refractivity contribution in [2.75, 3.05) is 26.7 Å². The Balaban J connectivity index is 1.11. The van der Waals surface area contributed by atoms with Crippen molar-refractivity contribution in [3.63, 3.8) is 0 Å². The van der Waals surface area contributed by atoms with Crippen LogP contribution in [0.2, 0.25) is 0 Å². The minimum Gasteiger partial charge on any atom is -0.367 e. The lowest BCUT2D eigenvalue weighted by atomic mass is 9.90. The molecule has 2 heterocycles. The molecule has 3 aromatic rings. The number of benzene rings is 2. The lowest BCUT2D eigenvalue weighted by Crippen LogP contribution is -2.43. The van der Waals surface area contributed by atoms with E-state index in [2.05, 4.69) is 22.4 Å². The summed E-state index contributed by atoms with van der Waals surface area (Å²) in [5.74, 6) is 0.248. The second-order valence-electron chi connectivity index (χ2n) is 9.37. The van der Waals surface area contributed by atoms with Crippen LogP contribution in [-0.2, 0) is 20.7 Å². The summed E-state index contributed by atoms with van der Waals surface area (Å²) in [6, 6.07) is 17.9. The van der Waals surface area contributed by atoms with Crippen molar-refractivity contribution in [1.29, 1.82) is 0 Å². The third-order valence-corrected chi connectivity index (χ3v) is 7.51. The maximum absolute atomic E-state index is 13.0. The van der Waals surface area contributed by atoms with E-state index in [1.807, 2.05) is 53.6 Å². The third kappa shape index (κ3) is 4.27. The number of rotatable bonds is 7. The van der Waals surface area contributed by atoms with Gasteiger partial charge in [0, 0.05) is 49.8 Å². The minimum atomic E-state index is -0.567. The number of fused-ring (bicyclic) bond motifs is 1. The average Bonchev–Trinajstić information content (AvgIpc) is 3.40. The first-order valence-corrected chi connectivity index (χ1v) is 11.8. The molecule has 172 valence electrons. The van der Waals surface area contributed by atoms with Crippen molar-refractivity contribution in [3.05, 3.63) is 71.9 Å². The van der Waals surface area contributed by atoms with E-state index in [1.165, 1.54) is 10.9 Å². The zero-order valence-electron chi connectivity index (χ0n) is 19.0. The van der Waals surface area contributed by atoms with Gasteiger partial charge in [-0.15, -0.1) is 0 Å². The van der Waals surface area contributed by atoms with Crippen molar-refractivity contribution in [3.8, 4) is 0 Å². The van der Waals surface area contributed by atoms with Gasteiger partial charge < -0.3 is 19.9 Å². The zero-order valence-corrected chi connectivity index (χ0v) is 19.0. The Morgan fingerprint density at radius 1 is 1.12 bits per heavy atom. The molecule has 1 spiro atoms. The molecule has 2 aliphatic rings. The smallest absolute Gasteiger partial charge is 0.256 e. The molecular weight excluding hydrogens is 414 g/mol. The normalized spacial score (nSPS) is 20.0. The van der Waals surface area contributed by atoms with Gasteiger partial charge in [0.2, 0.25) is 5.91 Å². The number of ether oxygens (including phenoxy) is 1. The van der Waals surface area contributed by atoms with Crippen LogP contribution >= 0.6 is 0 Å². The van der Waals surface area contributed by atoms with Crippen LogP contribution in [0.4, 0.5) is 0 Å². The largest absolute Gasteiger partial charge is 0.367 e. The van der Waals surface area contributed by atoms with E-state index in [0.29, 0.717) is 19.6 Å². The van der Waals surface area contributed by atoms with Crippen LogP contribution in [0.1, 0.15) is 36.5 Å². The molecule has 1 saturated carbocycles. The number of amides is 2. The molecule has 5 rings (SSSR count). The summed E-state index contributed by atoms with van der Waals surface area (Å²) >= 11 is 0. The lowest BCUT2D eigenvalue weighted by molar-refractivity contribution is -0.144. The Morgan fingerprint density at radius 2 is 1.85 bits per heavy atom. The van der Waals surface area contributed by atoms with Crippen LogP contribution in [0, 0.1) is 11.3 Å². The van der Waals surface area contributed by atoms with Gasteiger partial charge in [-0.2, -0.15) is 0 Å². The number of aromatic amines is 1. The van der Waals surface area contributed by atoms with Gasteiger partial charge in [-0.1, -0.05) is 48.5 Å². The summed E-state index contributed by atoms with van der Waals surface area (Å²) in [5.41, 5.74) is 3.31. The van der Waals surface area contributed by atoms with Crippen molar-refractivity contribution < 1.29 is 14.3 Å². The van der Waals surface area contributed by atoms with Gasteiger partial charge >= 0.3 is 0 Å². The lowest BCUT2D eigenvalue weighted by Gasteiger charge is -2.34. The Labute approximate surface area is 194 Å². The fourth-order valence-corrected chi connectivity index (χ4v) is 5.40. The number of H-pyrrole nitrogens is 1. The van der Waals surface area contributed by atoms with E-state index in [-0.39, 0.29) is 23.1 Å². The number of hydrogen-bond donors (Lipinski definition) is 2. The summed E-state index contributed by atoms with van der Waals surface area (Å²) < 4.78 is 5.52. The van der Waals surface area contributed by atoms with Crippen LogP contribution < -0.4 is 5.32 Å². The second-order valence-corrected chi connectivity index (χ2v) is 9.37. The van der Waals surface area contributed by atoms with E-state index in [1.54, 1.807) is 7.11 Å². The fraction of sp³-hybridized carbons (Fsp3) is 0.407. The molecule has 2 fully saturated rings. The number of carbonyl (C=O) groups excluding carboxylic acids is 2. The first-order valence-electron chi connectivity index (χ1n) is 11.8. The first kappa shape index (κ1) is 21.7. The average molecular weight is 446 g/mol. The van der Waals surface area contributed by atoms with Crippen LogP contribution in [0.5, 0.6) is 0 Å². The SMILES string of the molecule is COC(C(=O)N1CCC2(CC1)CC2C(=O)NCCc1c[nH]c2ccccc12)c1ccccc1. The first-order chi connectivity index (χ1) is 16.1. The van der Waals surface area contributed by atoms with Crippen LogP contribution in [0.3, 0.4) is 0 Å². The summed E-state index contributed by atoms with van der Waals surface area (Å²) in [5, 5.41) is 4.37. The molecule has 6 heteroatoms. The molecule has 1 saturated heterocycles. The van der Waals surface area contributed by atoms with Gasteiger partial charge in [-0.25, -0.2) is 0 Å². The number of likely N-dealkylation sites (tertiary alicyclic amines) is 1. The van der Waals surface area contributed by atoms with Crippen LogP contribution in [0.15, 0.2) is 60.8 Å². The maximum atomic E-state index is 13.0. The Bertz CT molecular complexity index is 1130. The predicted molar refractivity (Wildman–Crippen MR) is 128 cm³/mol. The molecule has 1 aliphatic heterocycles.